The normalized spacial score (nSPS) is 18.1. The van der Waals surface area contributed by atoms with Gasteiger partial charge in [-0.2, -0.15) is 4.68 Å². The Hall–Kier alpha value is -2.68. The van der Waals surface area contributed by atoms with Crippen molar-refractivity contribution in [1.82, 2.24) is 24.6 Å². The Balaban J connectivity index is 1.68. The van der Waals surface area contributed by atoms with Gasteiger partial charge in [-0.25, -0.2) is 9.18 Å². The van der Waals surface area contributed by atoms with E-state index >= 15 is 4.39 Å². The van der Waals surface area contributed by atoms with E-state index in [2.05, 4.69) is 29.3 Å². The highest BCUT2D eigenvalue weighted by molar-refractivity contribution is 5.97. The third-order valence-corrected chi connectivity index (χ3v) is 6.57. The molecule has 0 spiro atoms. The van der Waals surface area contributed by atoms with Gasteiger partial charge in [0.15, 0.2) is 0 Å². The summed E-state index contributed by atoms with van der Waals surface area (Å²) < 4.78 is 24.1. The number of hydrogen-bond donors (Lipinski definition) is 1. The van der Waals surface area contributed by atoms with Crippen LogP contribution in [0.5, 0.6) is 5.75 Å². The fourth-order valence-corrected chi connectivity index (χ4v) is 4.63. The van der Waals surface area contributed by atoms with Crippen LogP contribution in [0.15, 0.2) is 16.9 Å². The van der Waals surface area contributed by atoms with Crippen molar-refractivity contribution >= 4 is 5.91 Å². The largest absolute Gasteiger partial charge is 0.490 e. The van der Waals surface area contributed by atoms with E-state index in [4.69, 9.17) is 4.74 Å². The van der Waals surface area contributed by atoms with Gasteiger partial charge in [-0.05, 0) is 65.2 Å². The van der Waals surface area contributed by atoms with E-state index in [0.717, 1.165) is 56.3 Å². The number of hydrogen-bond acceptors (Lipinski definition) is 5. The molecule has 3 heterocycles. The Kier molecular flexibility index (Phi) is 7.17. The van der Waals surface area contributed by atoms with Crippen molar-refractivity contribution in [2.75, 3.05) is 20.1 Å². The highest BCUT2D eigenvalue weighted by atomic mass is 19.1. The van der Waals surface area contributed by atoms with Crippen LogP contribution in [0.3, 0.4) is 0 Å². The zero-order valence-electron chi connectivity index (χ0n) is 19.8. The minimum absolute atomic E-state index is 0.0106. The molecule has 180 valence electrons. The summed E-state index contributed by atoms with van der Waals surface area (Å²) in [6.45, 7) is 6.38. The van der Waals surface area contributed by atoms with Crippen molar-refractivity contribution < 1.29 is 13.9 Å². The van der Waals surface area contributed by atoms with Crippen molar-refractivity contribution in [3.63, 3.8) is 0 Å². The van der Waals surface area contributed by atoms with Crippen LogP contribution < -0.4 is 15.7 Å². The molecule has 1 atom stereocenters. The van der Waals surface area contributed by atoms with Crippen molar-refractivity contribution in [1.29, 1.82) is 0 Å². The number of benzene rings is 1. The number of likely N-dealkylation sites (tertiary alicyclic amines) is 1. The van der Waals surface area contributed by atoms with Gasteiger partial charge in [-0.1, -0.05) is 13.3 Å². The first kappa shape index (κ1) is 23.5. The number of piperidine rings is 1. The second-order valence-electron chi connectivity index (χ2n) is 9.29. The molecule has 2 aliphatic heterocycles. The third kappa shape index (κ3) is 5.13. The Morgan fingerprint density at radius 2 is 2.03 bits per heavy atom. The molecule has 0 bridgehead atoms. The number of nitrogens with one attached hydrogen (secondary N) is 1. The van der Waals surface area contributed by atoms with Crippen LogP contribution >= 0.6 is 0 Å². The fraction of sp³-hybridized carbons (Fsp3) is 0.625. The van der Waals surface area contributed by atoms with E-state index in [1.54, 1.807) is 4.57 Å². The molecule has 2 aliphatic rings. The Morgan fingerprint density at radius 1 is 1.27 bits per heavy atom. The molecule has 8 nitrogen and oxygen atoms in total. The van der Waals surface area contributed by atoms with Gasteiger partial charge in [0.05, 0.1) is 11.7 Å². The lowest BCUT2D eigenvalue weighted by Gasteiger charge is -2.29. The second kappa shape index (κ2) is 10.1. The van der Waals surface area contributed by atoms with Gasteiger partial charge in [0.1, 0.15) is 23.1 Å². The molecule has 1 unspecified atom stereocenters. The van der Waals surface area contributed by atoms with Gasteiger partial charge in [-0.15, -0.1) is 5.10 Å². The molecule has 1 N–H and O–H groups in total. The number of carbonyl (C=O) groups excluding carboxylic acids is 1. The van der Waals surface area contributed by atoms with Gasteiger partial charge in [0.25, 0.3) is 5.91 Å². The lowest BCUT2D eigenvalue weighted by atomic mass is 10.0. The smallest absolute Gasteiger partial charge is 0.350 e. The van der Waals surface area contributed by atoms with E-state index < -0.39 is 5.82 Å². The standard InChI is InChI=1S/C24H34FN5O3/c1-4-7-16(2)33-21-15-20(30-24(32)29-11-6-5-8-22(29)27-30)19(25)14-18(21)23(31)26-17-9-12-28(3)13-10-17/h14-17H,4-13H2,1-3H3,(H,26,31). The highest BCUT2D eigenvalue weighted by Gasteiger charge is 2.26. The lowest BCUT2D eigenvalue weighted by Crippen LogP contribution is -2.43. The molecule has 4 rings (SSSR count). The zero-order chi connectivity index (χ0) is 23.5. The zero-order valence-corrected chi connectivity index (χ0v) is 19.8. The molecule has 1 amide bonds. The molecular formula is C24H34FN5O3. The molecule has 2 aromatic rings. The first-order valence-corrected chi connectivity index (χ1v) is 12.1. The van der Waals surface area contributed by atoms with Gasteiger partial charge in [0.2, 0.25) is 0 Å². The molecule has 1 aromatic carbocycles. The van der Waals surface area contributed by atoms with Gasteiger partial charge in [0, 0.05) is 25.1 Å². The number of carbonyl (C=O) groups is 1. The number of fused-ring (bicyclic) bond motifs is 1. The number of ether oxygens (including phenoxy) is 1. The first-order chi connectivity index (χ1) is 15.9. The SMILES string of the molecule is CCCC(C)Oc1cc(-n2nc3n(c2=O)CCCC3)c(F)cc1C(=O)NC1CCN(C)CC1. The van der Waals surface area contributed by atoms with E-state index in [1.807, 2.05) is 6.92 Å². The van der Waals surface area contributed by atoms with Crippen LogP contribution in [0.4, 0.5) is 4.39 Å². The summed E-state index contributed by atoms with van der Waals surface area (Å²) in [4.78, 5) is 28.2. The maximum absolute atomic E-state index is 15.3. The van der Waals surface area contributed by atoms with Crippen LogP contribution in [-0.4, -0.2) is 57.4 Å². The maximum Gasteiger partial charge on any atom is 0.350 e. The minimum atomic E-state index is -0.670. The summed E-state index contributed by atoms with van der Waals surface area (Å²) in [5, 5.41) is 7.42. The van der Waals surface area contributed by atoms with Crippen molar-refractivity contribution in [3.8, 4) is 11.4 Å². The molecule has 1 fully saturated rings. The van der Waals surface area contributed by atoms with E-state index in [-0.39, 0.29) is 40.7 Å². The lowest BCUT2D eigenvalue weighted by molar-refractivity contribution is 0.0909. The fourth-order valence-electron chi connectivity index (χ4n) is 4.63. The van der Waals surface area contributed by atoms with Crippen LogP contribution in [0.25, 0.3) is 5.69 Å². The highest BCUT2D eigenvalue weighted by Crippen LogP contribution is 2.28. The predicted octanol–water partition coefficient (Wildman–Crippen LogP) is 2.90. The van der Waals surface area contributed by atoms with Crippen molar-refractivity contribution in [3.05, 3.63) is 39.8 Å². The number of amides is 1. The van der Waals surface area contributed by atoms with E-state index in [9.17, 15) is 9.59 Å². The quantitative estimate of drug-likeness (QED) is 0.689. The molecular weight excluding hydrogens is 425 g/mol. The van der Waals surface area contributed by atoms with Crippen LogP contribution in [-0.2, 0) is 13.0 Å². The number of halogens is 1. The second-order valence-corrected chi connectivity index (χ2v) is 9.29. The molecule has 0 saturated carbocycles. The minimum Gasteiger partial charge on any atom is -0.490 e. The van der Waals surface area contributed by atoms with Crippen molar-refractivity contribution in [2.45, 2.75) is 77.5 Å². The Labute approximate surface area is 193 Å². The maximum atomic E-state index is 15.3. The average molecular weight is 460 g/mol. The molecule has 0 aliphatic carbocycles. The van der Waals surface area contributed by atoms with E-state index in [1.165, 1.54) is 12.1 Å². The number of nitrogens with zero attached hydrogens (tertiary/aromatic N) is 4. The molecule has 0 radical (unpaired) electrons. The summed E-state index contributed by atoms with van der Waals surface area (Å²) in [7, 11) is 2.06. The van der Waals surface area contributed by atoms with E-state index in [0.29, 0.717) is 18.8 Å². The topological polar surface area (TPSA) is 81.4 Å². The summed E-state index contributed by atoms with van der Waals surface area (Å²) in [5.74, 6) is -0.0889. The summed E-state index contributed by atoms with van der Waals surface area (Å²) in [6, 6.07) is 2.67. The van der Waals surface area contributed by atoms with Crippen LogP contribution in [0, 0.1) is 5.82 Å². The monoisotopic (exact) mass is 459 g/mol. The van der Waals surface area contributed by atoms with Crippen LogP contribution in [0.2, 0.25) is 0 Å². The molecule has 1 saturated heterocycles. The van der Waals surface area contributed by atoms with Gasteiger partial charge < -0.3 is 15.0 Å². The number of aryl methyl sites for hydroxylation is 1. The van der Waals surface area contributed by atoms with Crippen molar-refractivity contribution in [2.24, 2.45) is 0 Å². The summed E-state index contributed by atoms with van der Waals surface area (Å²) in [5.41, 5.74) is -0.203. The third-order valence-electron chi connectivity index (χ3n) is 6.57. The Bertz CT molecular complexity index is 1060. The Morgan fingerprint density at radius 3 is 2.73 bits per heavy atom. The molecule has 9 heteroatoms. The number of rotatable bonds is 7. The van der Waals surface area contributed by atoms with Gasteiger partial charge >= 0.3 is 5.69 Å². The van der Waals surface area contributed by atoms with Crippen LogP contribution in [0.1, 0.15) is 68.6 Å². The first-order valence-electron chi connectivity index (χ1n) is 12.1. The van der Waals surface area contributed by atoms with Gasteiger partial charge in [-0.3, -0.25) is 9.36 Å². The average Bonchev–Trinajstić information content (AvgIpc) is 3.13. The number of aromatic nitrogens is 3. The predicted molar refractivity (Wildman–Crippen MR) is 124 cm³/mol. The molecule has 1 aromatic heterocycles. The summed E-state index contributed by atoms with van der Waals surface area (Å²) >= 11 is 0. The molecule has 33 heavy (non-hydrogen) atoms. The summed E-state index contributed by atoms with van der Waals surface area (Å²) in [6.07, 6.45) is 5.80.